The van der Waals surface area contributed by atoms with Crippen LogP contribution in [-0.4, -0.2) is 140 Å². The largest absolute Gasteiger partial charge is 0.394 e. The summed E-state index contributed by atoms with van der Waals surface area (Å²) in [5.41, 5.74) is 0. The average Bonchev–Trinajstić information content (AvgIpc) is 1.41. The SMILES string of the molecule is CC/C=C\C/C=C\C/C=C\C/C=C\C/C=C\C/C=C\C/C=C\CCCCCC(=O)NC(COC1OC(CO)C(OC2OC(CO)C(O)C(O)C2O)C(O)C1O)C(O)CCCCCCCCCCCCCCCCCCCCCCCCCCCCCCCCC. The topological polar surface area (TPSA) is 228 Å². The minimum absolute atomic E-state index is 0.238. The fourth-order valence-corrected chi connectivity index (χ4v) is 11.8. The number of aliphatic hydroxyl groups is 8. The standard InChI is InChI=1S/C76H135NO13/c1-3-5-7-9-11-13-15-17-19-21-23-25-27-29-30-31-32-33-34-36-37-39-41-43-45-47-49-51-53-55-57-59-65(80)64(63-87-75-73(86)71(84)74(67(62-79)89-75)90-76-72(85)70(83)69(82)66(61-78)88-76)77-68(81)60-58-56-54-52-50-48-46-44-42-40-38-35-28-26-24-22-20-18-16-14-12-10-8-6-4-2/h6,8,12,14,18,20,24,26,35,38,42,44,48,50,64-67,69-76,78-80,82-86H,3-5,7,9-11,13,15-17,19,21-23,25,27-34,36-37,39-41,43,45-47,49,51-63H2,1-2H3,(H,77,81)/b8-6-,14-12-,20-18-,26-24-,38-35-,44-42-,50-48-. The molecule has 0 spiro atoms. The Bertz CT molecular complexity index is 1830. The van der Waals surface area contributed by atoms with Gasteiger partial charge >= 0.3 is 0 Å². The molecule has 12 atom stereocenters. The number of ether oxygens (including phenoxy) is 4. The smallest absolute Gasteiger partial charge is 0.220 e. The molecule has 14 heteroatoms. The minimum Gasteiger partial charge on any atom is -0.394 e. The van der Waals surface area contributed by atoms with E-state index in [1.54, 1.807) is 0 Å². The predicted molar refractivity (Wildman–Crippen MR) is 369 cm³/mol. The van der Waals surface area contributed by atoms with Gasteiger partial charge in [-0.25, -0.2) is 0 Å². The molecule has 14 nitrogen and oxygen atoms in total. The van der Waals surface area contributed by atoms with Gasteiger partial charge in [-0.3, -0.25) is 4.79 Å². The number of amides is 1. The number of hydrogen-bond acceptors (Lipinski definition) is 13. The molecule has 2 saturated heterocycles. The van der Waals surface area contributed by atoms with Crippen LogP contribution in [0.1, 0.15) is 296 Å². The van der Waals surface area contributed by atoms with Gasteiger partial charge in [0, 0.05) is 6.42 Å². The van der Waals surface area contributed by atoms with Gasteiger partial charge in [0.1, 0.15) is 48.8 Å². The van der Waals surface area contributed by atoms with Crippen molar-refractivity contribution >= 4 is 5.91 Å². The molecule has 522 valence electrons. The number of rotatable bonds is 60. The third kappa shape index (κ3) is 43.2. The van der Waals surface area contributed by atoms with E-state index in [9.17, 15) is 45.6 Å². The van der Waals surface area contributed by atoms with E-state index in [1.165, 1.54) is 173 Å². The third-order valence-corrected chi connectivity index (χ3v) is 17.6. The Balaban J connectivity index is 1.67. The van der Waals surface area contributed by atoms with Crippen molar-refractivity contribution in [3.05, 3.63) is 85.1 Å². The highest BCUT2D eigenvalue weighted by molar-refractivity contribution is 5.76. The van der Waals surface area contributed by atoms with Gasteiger partial charge in [-0.1, -0.05) is 304 Å². The Kier molecular flexibility index (Phi) is 55.4. The molecule has 0 aliphatic carbocycles. The molecule has 0 radical (unpaired) electrons. The quantitative estimate of drug-likeness (QED) is 0.0204. The molecule has 2 aliphatic rings. The van der Waals surface area contributed by atoms with Crippen LogP contribution in [0.25, 0.3) is 0 Å². The van der Waals surface area contributed by atoms with Crippen LogP contribution in [-0.2, 0) is 23.7 Å². The van der Waals surface area contributed by atoms with Crippen LogP contribution in [0.15, 0.2) is 85.1 Å². The lowest BCUT2D eigenvalue weighted by Crippen LogP contribution is -2.65. The molecule has 2 heterocycles. The first-order valence-electron chi connectivity index (χ1n) is 36.8. The molecule has 2 rings (SSSR count). The fourth-order valence-electron chi connectivity index (χ4n) is 11.8. The zero-order valence-electron chi connectivity index (χ0n) is 56.9. The maximum absolute atomic E-state index is 13.4. The van der Waals surface area contributed by atoms with Gasteiger partial charge in [0.15, 0.2) is 12.6 Å². The van der Waals surface area contributed by atoms with Gasteiger partial charge in [-0.05, 0) is 70.6 Å². The van der Waals surface area contributed by atoms with Gasteiger partial charge in [-0.15, -0.1) is 0 Å². The highest BCUT2D eigenvalue weighted by Gasteiger charge is 2.51. The Morgan fingerprint density at radius 1 is 0.411 bits per heavy atom. The molecule has 0 aromatic carbocycles. The Hall–Kier alpha value is -2.83. The number of unbranched alkanes of at least 4 members (excludes halogenated alkanes) is 33. The fraction of sp³-hybridized carbons (Fsp3) is 0.803. The maximum Gasteiger partial charge on any atom is 0.220 e. The van der Waals surface area contributed by atoms with Gasteiger partial charge in [0.25, 0.3) is 0 Å². The van der Waals surface area contributed by atoms with Crippen molar-refractivity contribution in [3.63, 3.8) is 0 Å². The molecule has 0 bridgehead atoms. The lowest BCUT2D eigenvalue weighted by Gasteiger charge is -2.46. The second-order valence-electron chi connectivity index (χ2n) is 25.7. The van der Waals surface area contributed by atoms with E-state index >= 15 is 0 Å². The number of nitrogens with one attached hydrogen (secondary N) is 1. The summed E-state index contributed by atoms with van der Waals surface area (Å²) in [5, 5.41) is 87.7. The van der Waals surface area contributed by atoms with E-state index in [2.05, 4.69) is 104 Å². The summed E-state index contributed by atoms with van der Waals surface area (Å²) in [6, 6.07) is -0.855. The highest BCUT2D eigenvalue weighted by Crippen LogP contribution is 2.30. The summed E-state index contributed by atoms with van der Waals surface area (Å²) in [4.78, 5) is 13.4. The molecular formula is C76H135NO13. The van der Waals surface area contributed by atoms with E-state index in [0.717, 1.165) is 89.9 Å². The molecule has 9 N–H and O–H groups in total. The first kappa shape index (κ1) is 83.3. The molecule has 0 saturated carbocycles. The van der Waals surface area contributed by atoms with Crippen molar-refractivity contribution in [3.8, 4) is 0 Å². The Labute approximate surface area is 548 Å². The lowest BCUT2D eigenvalue weighted by atomic mass is 9.97. The molecule has 0 aromatic rings. The van der Waals surface area contributed by atoms with Crippen LogP contribution in [0.2, 0.25) is 0 Å². The van der Waals surface area contributed by atoms with Gasteiger partial charge in [0.2, 0.25) is 5.91 Å². The zero-order chi connectivity index (χ0) is 65.2. The molecule has 2 aliphatic heterocycles. The number of hydrogen-bond donors (Lipinski definition) is 9. The maximum atomic E-state index is 13.4. The van der Waals surface area contributed by atoms with Crippen LogP contribution >= 0.6 is 0 Å². The summed E-state index contributed by atoms with van der Waals surface area (Å²) < 4.78 is 22.9. The summed E-state index contributed by atoms with van der Waals surface area (Å²) in [5.74, 6) is -0.238. The summed E-state index contributed by atoms with van der Waals surface area (Å²) >= 11 is 0. The monoisotopic (exact) mass is 1270 g/mol. The van der Waals surface area contributed by atoms with Crippen molar-refractivity contribution in [1.82, 2.24) is 5.32 Å². The summed E-state index contributed by atoms with van der Waals surface area (Å²) in [6.07, 6.45) is 66.1. The number of carbonyl (C=O) groups is 1. The normalized spacial score (nSPS) is 23.4. The van der Waals surface area contributed by atoms with Gasteiger partial charge in [-0.2, -0.15) is 0 Å². The number of carbonyl (C=O) groups excluding carboxylic acids is 1. The minimum atomic E-state index is -1.79. The van der Waals surface area contributed by atoms with Crippen LogP contribution < -0.4 is 5.32 Å². The average molecular weight is 1270 g/mol. The predicted octanol–water partition coefficient (Wildman–Crippen LogP) is 15.6. The van der Waals surface area contributed by atoms with Crippen molar-refractivity contribution in [2.24, 2.45) is 0 Å². The molecule has 0 aromatic heterocycles. The van der Waals surface area contributed by atoms with Gasteiger partial charge in [0.05, 0.1) is 32.0 Å². The highest BCUT2D eigenvalue weighted by atomic mass is 16.7. The third-order valence-electron chi connectivity index (χ3n) is 17.6. The van der Waals surface area contributed by atoms with E-state index in [4.69, 9.17) is 18.9 Å². The second-order valence-corrected chi connectivity index (χ2v) is 25.7. The molecule has 90 heavy (non-hydrogen) atoms. The summed E-state index contributed by atoms with van der Waals surface area (Å²) in [7, 11) is 0. The zero-order valence-corrected chi connectivity index (χ0v) is 56.9. The van der Waals surface area contributed by atoms with Crippen molar-refractivity contribution in [1.29, 1.82) is 0 Å². The first-order chi connectivity index (χ1) is 44.1. The Morgan fingerprint density at radius 2 is 0.767 bits per heavy atom. The molecular weight excluding hydrogens is 1130 g/mol. The lowest BCUT2D eigenvalue weighted by molar-refractivity contribution is -0.359. The van der Waals surface area contributed by atoms with Crippen molar-refractivity contribution in [2.45, 2.75) is 370 Å². The van der Waals surface area contributed by atoms with Crippen molar-refractivity contribution < 1.29 is 64.6 Å². The molecule has 12 unspecified atom stereocenters. The van der Waals surface area contributed by atoms with E-state index in [1.807, 2.05) is 0 Å². The van der Waals surface area contributed by atoms with E-state index < -0.39 is 86.8 Å². The van der Waals surface area contributed by atoms with Crippen LogP contribution in [0, 0.1) is 0 Å². The molecule has 2 fully saturated rings. The van der Waals surface area contributed by atoms with Crippen LogP contribution in [0.4, 0.5) is 0 Å². The van der Waals surface area contributed by atoms with Crippen molar-refractivity contribution in [2.75, 3.05) is 19.8 Å². The van der Waals surface area contributed by atoms with Crippen LogP contribution in [0.3, 0.4) is 0 Å². The molecule has 1 amide bonds. The number of aliphatic hydroxyl groups excluding tert-OH is 8. The first-order valence-corrected chi connectivity index (χ1v) is 36.8. The van der Waals surface area contributed by atoms with Crippen LogP contribution in [0.5, 0.6) is 0 Å². The number of allylic oxidation sites excluding steroid dienone is 14. The second kappa shape index (κ2) is 59.9. The summed E-state index contributed by atoms with van der Waals surface area (Å²) in [6.45, 7) is 2.76. The Morgan fingerprint density at radius 3 is 1.17 bits per heavy atom. The van der Waals surface area contributed by atoms with Gasteiger partial charge < -0.3 is 65.1 Å². The van der Waals surface area contributed by atoms with E-state index in [-0.39, 0.29) is 18.9 Å². The van der Waals surface area contributed by atoms with E-state index in [0.29, 0.717) is 12.8 Å².